The molecule has 4 aromatic rings. The monoisotopic (exact) mass is 371 g/mol. The van der Waals surface area contributed by atoms with Crippen LogP contribution in [0.15, 0.2) is 79.3 Å². The maximum absolute atomic E-state index is 12.2. The first-order valence-electron chi connectivity index (χ1n) is 9.20. The topological polar surface area (TPSA) is 67.0 Å². The highest BCUT2D eigenvalue weighted by Gasteiger charge is 2.14. The van der Waals surface area contributed by atoms with Crippen molar-refractivity contribution < 1.29 is 9.53 Å². The summed E-state index contributed by atoms with van der Waals surface area (Å²) in [5, 5.41) is 5.02. The molecule has 140 valence electrons. The molecule has 5 nitrogen and oxygen atoms in total. The largest absolute Gasteiger partial charge is 0.444 e. The average molecular weight is 371 g/mol. The highest BCUT2D eigenvalue weighted by atomic mass is 16.5. The predicted molar refractivity (Wildman–Crippen MR) is 110 cm³/mol. The van der Waals surface area contributed by atoms with Crippen LogP contribution >= 0.6 is 0 Å². The maximum atomic E-state index is 12.2. The van der Waals surface area contributed by atoms with Gasteiger partial charge in [-0.05, 0) is 34.0 Å². The Balaban J connectivity index is 1.53. The van der Waals surface area contributed by atoms with Crippen molar-refractivity contribution in [1.82, 2.24) is 9.97 Å². The minimum Gasteiger partial charge on any atom is -0.444 e. The number of carbonyl (C=O) groups is 1. The van der Waals surface area contributed by atoms with E-state index in [0.29, 0.717) is 5.69 Å². The summed E-state index contributed by atoms with van der Waals surface area (Å²) in [7, 11) is 0. The number of hydrogen-bond donors (Lipinski definition) is 2. The molecule has 0 spiro atoms. The molecule has 1 amide bonds. The molecule has 1 unspecified atom stereocenters. The van der Waals surface area contributed by atoms with Crippen LogP contribution < -0.4 is 5.32 Å². The van der Waals surface area contributed by atoms with Crippen LogP contribution in [0.1, 0.15) is 29.7 Å². The summed E-state index contributed by atoms with van der Waals surface area (Å²) in [5.41, 5.74) is 3.79. The smallest absolute Gasteiger partial charge is 0.411 e. The van der Waals surface area contributed by atoms with E-state index < -0.39 is 6.09 Å². The summed E-state index contributed by atoms with van der Waals surface area (Å²) in [4.78, 5) is 19.6. The number of ether oxygens (including phenoxy) is 1. The van der Waals surface area contributed by atoms with Crippen molar-refractivity contribution in [1.29, 1.82) is 0 Å². The molecule has 0 fully saturated rings. The predicted octanol–water partition coefficient (Wildman–Crippen LogP) is 5.46. The molecule has 0 aliphatic heterocycles. The Labute approximate surface area is 163 Å². The van der Waals surface area contributed by atoms with Crippen LogP contribution in [0.3, 0.4) is 0 Å². The van der Waals surface area contributed by atoms with E-state index in [1.54, 1.807) is 6.33 Å². The molecule has 0 saturated heterocycles. The Bertz CT molecular complexity index is 1080. The average Bonchev–Trinajstić information content (AvgIpc) is 3.27. The molecule has 5 heteroatoms. The van der Waals surface area contributed by atoms with Crippen molar-refractivity contribution in [3.05, 3.63) is 96.1 Å². The van der Waals surface area contributed by atoms with Gasteiger partial charge in [0.05, 0.1) is 12.0 Å². The van der Waals surface area contributed by atoms with Crippen molar-refractivity contribution >= 4 is 22.6 Å². The molecule has 1 heterocycles. The minimum absolute atomic E-state index is 0.134. The van der Waals surface area contributed by atoms with Gasteiger partial charge in [0, 0.05) is 17.8 Å². The Kier molecular flexibility index (Phi) is 5.06. The zero-order chi connectivity index (χ0) is 19.3. The summed E-state index contributed by atoms with van der Waals surface area (Å²) in [6, 6.07) is 21.7. The lowest BCUT2D eigenvalue weighted by Crippen LogP contribution is -2.13. The zero-order valence-corrected chi connectivity index (χ0v) is 15.6. The van der Waals surface area contributed by atoms with E-state index in [1.165, 1.54) is 0 Å². The molecule has 1 aromatic heterocycles. The van der Waals surface area contributed by atoms with Gasteiger partial charge in [-0.15, -0.1) is 0 Å². The van der Waals surface area contributed by atoms with Gasteiger partial charge in [-0.25, -0.2) is 9.78 Å². The second kappa shape index (κ2) is 7.96. The van der Waals surface area contributed by atoms with E-state index in [1.807, 2.05) is 60.8 Å². The number of imidazole rings is 1. The number of H-pyrrole nitrogens is 1. The summed E-state index contributed by atoms with van der Waals surface area (Å²) in [6.45, 7) is 2.36. The SMILES string of the molecule is CC(c1c[nH]cn1)c1cccc2ccc(NC(=O)OCc3ccccc3)cc12. The number of anilines is 1. The van der Waals surface area contributed by atoms with Gasteiger partial charge in [0.15, 0.2) is 0 Å². The van der Waals surface area contributed by atoms with Crippen LogP contribution in [-0.4, -0.2) is 16.1 Å². The summed E-state index contributed by atoms with van der Waals surface area (Å²) < 4.78 is 5.32. The first-order valence-corrected chi connectivity index (χ1v) is 9.20. The Morgan fingerprint density at radius 1 is 1.11 bits per heavy atom. The summed E-state index contributed by atoms with van der Waals surface area (Å²) >= 11 is 0. The van der Waals surface area contributed by atoms with E-state index in [2.05, 4.69) is 34.3 Å². The first kappa shape index (κ1) is 17.8. The van der Waals surface area contributed by atoms with Crippen molar-refractivity contribution in [2.45, 2.75) is 19.4 Å². The standard InChI is InChI=1S/C23H21N3O2/c1-16(22-13-24-15-25-22)20-9-5-8-18-10-11-19(12-21(18)20)26-23(27)28-14-17-6-3-2-4-7-17/h2-13,15-16H,14H2,1H3,(H,24,25)(H,26,27). The van der Waals surface area contributed by atoms with Gasteiger partial charge in [-0.2, -0.15) is 0 Å². The number of benzene rings is 3. The highest BCUT2D eigenvalue weighted by molar-refractivity contribution is 5.93. The van der Waals surface area contributed by atoms with Crippen LogP contribution in [0.25, 0.3) is 10.8 Å². The van der Waals surface area contributed by atoms with Crippen molar-refractivity contribution in [2.75, 3.05) is 5.32 Å². The lowest BCUT2D eigenvalue weighted by Gasteiger charge is -2.14. The van der Waals surface area contributed by atoms with Gasteiger partial charge in [0.2, 0.25) is 0 Å². The lowest BCUT2D eigenvalue weighted by molar-refractivity contribution is 0.155. The lowest BCUT2D eigenvalue weighted by atomic mass is 9.92. The van der Waals surface area contributed by atoms with E-state index in [9.17, 15) is 4.79 Å². The zero-order valence-electron chi connectivity index (χ0n) is 15.6. The Hall–Kier alpha value is -3.60. The second-order valence-electron chi connectivity index (χ2n) is 6.69. The normalized spacial score (nSPS) is 11.9. The minimum atomic E-state index is -0.471. The fourth-order valence-electron chi connectivity index (χ4n) is 3.30. The molecular weight excluding hydrogens is 350 g/mol. The maximum Gasteiger partial charge on any atom is 0.411 e. The number of aromatic nitrogens is 2. The summed E-state index contributed by atoms with van der Waals surface area (Å²) in [5.74, 6) is 0.134. The molecule has 0 aliphatic rings. The number of nitrogens with one attached hydrogen (secondary N) is 2. The van der Waals surface area contributed by atoms with Crippen LogP contribution in [0, 0.1) is 0 Å². The number of amides is 1. The van der Waals surface area contributed by atoms with E-state index in [4.69, 9.17) is 4.74 Å². The quantitative estimate of drug-likeness (QED) is 0.489. The van der Waals surface area contributed by atoms with Crippen molar-refractivity contribution in [3.8, 4) is 0 Å². The van der Waals surface area contributed by atoms with Crippen LogP contribution in [0.5, 0.6) is 0 Å². The number of rotatable bonds is 5. The van der Waals surface area contributed by atoms with Gasteiger partial charge < -0.3 is 9.72 Å². The molecule has 0 saturated carbocycles. The molecule has 28 heavy (non-hydrogen) atoms. The number of hydrogen-bond acceptors (Lipinski definition) is 3. The van der Waals surface area contributed by atoms with Crippen molar-refractivity contribution in [3.63, 3.8) is 0 Å². The Morgan fingerprint density at radius 3 is 2.75 bits per heavy atom. The van der Waals surface area contributed by atoms with Crippen LogP contribution in [0.2, 0.25) is 0 Å². The summed E-state index contributed by atoms with van der Waals surface area (Å²) in [6.07, 6.45) is 3.13. The number of carbonyl (C=O) groups excluding carboxylic acids is 1. The van der Waals surface area contributed by atoms with Gasteiger partial charge in [-0.1, -0.05) is 61.5 Å². The molecule has 0 radical (unpaired) electrons. The van der Waals surface area contributed by atoms with E-state index in [0.717, 1.165) is 27.6 Å². The second-order valence-corrected chi connectivity index (χ2v) is 6.69. The molecule has 0 bridgehead atoms. The van der Waals surface area contributed by atoms with Crippen molar-refractivity contribution in [2.24, 2.45) is 0 Å². The van der Waals surface area contributed by atoms with Crippen LogP contribution in [0.4, 0.5) is 10.5 Å². The first-order chi connectivity index (χ1) is 13.7. The molecule has 4 rings (SSSR count). The van der Waals surface area contributed by atoms with Gasteiger partial charge in [0.25, 0.3) is 0 Å². The molecule has 2 N–H and O–H groups in total. The molecule has 1 atom stereocenters. The third-order valence-electron chi connectivity index (χ3n) is 4.80. The highest BCUT2D eigenvalue weighted by Crippen LogP contribution is 2.31. The van der Waals surface area contributed by atoms with Crippen LogP contribution in [-0.2, 0) is 11.3 Å². The van der Waals surface area contributed by atoms with E-state index >= 15 is 0 Å². The molecule has 0 aliphatic carbocycles. The number of fused-ring (bicyclic) bond motifs is 1. The van der Waals surface area contributed by atoms with Gasteiger partial charge >= 0.3 is 6.09 Å². The number of nitrogens with zero attached hydrogens (tertiary/aromatic N) is 1. The fourth-order valence-corrected chi connectivity index (χ4v) is 3.30. The van der Waals surface area contributed by atoms with Gasteiger partial charge in [0.1, 0.15) is 6.61 Å². The number of aromatic amines is 1. The fraction of sp³-hybridized carbons (Fsp3) is 0.130. The molecular formula is C23H21N3O2. The van der Waals surface area contributed by atoms with E-state index in [-0.39, 0.29) is 12.5 Å². The van der Waals surface area contributed by atoms with Gasteiger partial charge in [-0.3, -0.25) is 5.32 Å². The third kappa shape index (κ3) is 3.88. The third-order valence-corrected chi connectivity index (χ3v) is 4.80. The molecule has 3 aromatic carbocycles. The Morgan fingerprint density at radius 2 is 1.96 bits per heavy atom.